The maximum Gasteiger partial charge on any atom is 0.288 e. The third kappa shape index (κ3) is 4.36. The van der Waals surface area contributed by atoms with Gasteiger partial charge in [0, 0.05) is 13.1 Å². The molecule has 96 valence electrons. The molecule has 1 heterocycles. The average molecular weight is 262 g/mol. The summed E-state index contributed by atoms with van der Waals surface area (Å²) in [6.07, 6.45) is 0. The number of aromatic nitrogens is 3. The van der Waals surface area contributed by atoms with Crippen molar-refractivity contribution in [2.45, 2.75) is 6.92 Å². The number of hydrogen-bond acceptors (Lipinski definition) is 6. The number of anilines is 1. The van der Waals surface area contributed by atoms with Crippen LogP contribution in [-0.4, -0.2) is 48.3 Å². The number of nitrogens with one attached hydrogen (secondary N) is 3. The third-order valence-corrected chi connectivity index (χ3v) is 3.21. The third-order valence-electron chi connectivity index (χ3n) is 1.74. The van der Waals surface area contributed by atoms with Gasteiger partial charge in [-0.05, 0) is 0 Å². The zero-order chi connectivity index (χ0) is 12.9. The fraction of sp³-hybridized carbons (Fsp3) is 0.571. The first kappa shape index (κ1) is 13.4. The highest BCUT2D eigenvalue weighted by Gasteiger charge is 2.12. The summed E-state index contributed by atoms with van der Waals surface area (Å²) in [7, 11) is -3.34. The molecule has 0 aromatic carbocycles. The summed E-state index contributed by atoms with van der Waals surface area (Å²) in [6.45, 7) is 1.97. The van der Waals surface area contributed by atoms with Crippen LogP contribution in [0.2, 0.25) is 0 Å². The lowest BCUT2D eigenvalue weighted by Gasteiger charge is -2.04. The van der Waals surface area contributed by atoms with Gasteiger partial charge >= 0.3 is 0 Å². The van der Waals surface area contributed by atoms with E-state index in [0.29, 0.717) is 6.54 Å². The maximum absolute atomic E-state index is 11.4. The average Bonchev–Trinajstić information content (AvgIpc) is 2.64. The Morgan fingerprint density at radius 2 is 2.24 bits per heavy atom. The van der Waals surface area contributed by atoms with E-state index in [4.69, 9.17) is 5.73 Å². The van der Waals surface area contributed by atoms with Crippen LogP contribution < -0.4 is 15.8 Å². The summed E-state index contributed by atoms with van der Waals surface area (Å²) in [6, 6.07) is 0. The monoisotopic (exact) mass is 262 g/mol. The van der Waals surface area contributed by atoms with Gasteiger partial charge in [-0.1, -0.05) is 6.92 Å². The van der Waals surface area contributed by atoms with Gasteiger partial charge in [0.25, 0.3) is 5.91 Å². The zero-order valence-corrected chi connectivity index (χ0v) is 10.0. The number of nitrogens with zero attached hydrogens (tertiary/aromatic N) is 2. The molecule has 0 radical (unpaired) electrons. The van der Waals surface area contributed by atoms with Crippen molar-refractivity contribution in [3.63, 3.8) is 0 Å². The van der Waals surface area contributed by atoms with Crippen LogP contribution in [0.25, 0.3) is 0 Å². The molecule has 9 nitrogen and oxygen atoms in total. The Labute approximate surface area is 98.2 Å². The van der Waals surface area contributed by atoms with Crippen molar-refractivity contribution >= 4 is 21.9 Å². The Bertz CT molecular complexity index is 482. The SMILES string of the molecule is CCNS(=O)(=O)CCNC(=O)c1nc(N)n[nH]1. The van der Waals surface area contributed by atoms with Gasteiger partial charge in [0.1, 0.15) is 0 Å². The van der Waals surface area contributed by atoms with Crippen molar-refractivity contribution in [3.05, 3.63) is 5.82 Å². The molecule has 0 aliphatic heterocycles. The number of carbonyl (C=O) groups is 1. The minimum atomic E-state index is -3.34. The summed E-state index contributed by atoms with van der Waals surface area (Å²) in [5, 5.41) is 8.17. The van der Waals surface area contributed by atoms with E-state index in [2.05, 4.69) is 25.2 Å². The first-order valence-electron chi connectivity index (χ1n) is 4.88. The Kier molecular flexibility index (Phi) is 4.40. The van der Waals surface area contributed by atoms with Crippen LogP contribution in [0.5, 0.6) is 0 Å². The van der Waals surface area contributed by atoms with Gasteiger partial charge in [-0.2, -0.15) is 4.98 Å². The minimum absolute atomic E-state index is 0.0191. The Morgan fingerprint density at radius 1 is 1.53 bits per heavy atom. The number of aromatic amines is 1. The number of sulfonamides is 1. The van der Waals surface area contributed by atoms with Gasteiger partial charge < -0.3 is 11.1 Å². The minimum Gasteiger partial charge on any atom is -0.366 e. The Morgan fingerprint density at radius 3 is 2.76 bits per heavy atom. The second kappa shape index (κ2) is 5.59. The second-order valence-corrected chi connectivity index (χ2v) is 5.04. The molecule has 0 aliphatic rings. The summed E-state index contributed by atoms with van der Waals surface area (Å²) in [4.78, 5) is 15.0. The number of nitrogens with two attached hydrogens (primary N) is 1. The summed E-state index contributed by atoms with van der Waals surface area (Å²) >= 11 is 0. The van der Waals surface area contributed by atoms with E-state index < -0.39 is 15.9 Å². The van der Waals surface area contributed by atoms with E-state index >= 15 is 0 Å². The van der Waals surface area contributed by atoms with Gasteiger partial charge in [0.05, 0.1) is 5.75 Å². The molecule has 0 spiro atoms. The van der Waals surface area contributed by atoms with E-state index in [9.17, 15) is 13.2 Å². The Balaban J connectivity index is 2.40. The fourth-order valence-corrected chi connectivity index (χ4v) is 2.01. The summed E-state index contributed by atoms with van der Waals surface area (Å²) in [5.74, 6) is -0.851. The predicted molar refractivity (Wildman–Crippen MR) is 60.6 cm³/mol. The van der Waals surface area contributed by atoms with Crippen molar-refractivity contribution in [1.82, 2.24) is 25.2 Å². The summed E-state index contributed by atoms with van der Waals surface area (Å²) in [5.41, 5.74) is 5.21. The molecule has 0 atom stereocenters. The van der Waals surface area contributed by atoms with Crippen LogP contribution in [0, 0.1) is 0 Å². The number of amides is 1. The van der Waals surface area contributed by atoms with E-state index in [-0.39, 0.29) is 24.1 Å². The topological polar surface area (TPSA) is 143 Å². The first-order valence-corrected chi connectivity index (χ1v) is 6.53. The molecular weight excluding hydrogens is 248 g/mol. The number of rotatable bonds is 6. The highest BCUT2D eigenvalue weighted by Crippen LogP contribution is 1.92. The maximum atomic E-state index is 11.4. The molecule has 5 N–H and O–H groups in total. The fourth-order valence-electron chi connectivity index (χ4n) is 1.05. The first-order chi connectivity index (χ1) is 7.94. The lowest BCUT2D eigenvalue weighted by Crippen LogP contribution is -2.34. The number of nitrogen functional groups attached to an aromatic ring is 1. The van der Waals surface area contributed by atoms with Crippen LogP contribution in [0.1, 0.15) is 17.5 Å². The molecule has 0 fully saturated rings. The molecule has 1 rings (SSSR count). The van der Waals surface area contributed by atoms with Gasteiger partial charge in [0.15, 0.2) is 0 Å². The molecule has 10 heteroatoms. The lowest BCUT2D eigenvalue weighted by atomic mass is 10.5. The molecule has 0 aliphatic carbocycles. The molecule has 0 bridgehead atoms. The molecule has 1 amide bonds. The molecule has 0 saturated heterocycles. The van der Waals surface area contributed by atoms with Crippen LogP contribution in [0.15, 0.2) is 0 Å². The van der Waals surface area contributed by atoms with Gasteiger partial charge in [-0.25, -0.2) is 13.1 Å². The van der Waals surface area contributed by atoms with Gasteiger partial charge in [0.2, 0.25) is 21.8 Å². The molecular formula is C7H14N6O3S. The Hall–Kier alpha value is -1.68. The molecule has 1 aromatic heterocycles. The van der Waals surface area contributed by atoms with Crippen molar-refractivity contribution < 1.29 is 13.2 Å². The lowest BCUT2D eigenvalue weighted by molar-refractivity contribution is 0.0946. The standard InChI is InChI=1S/C7H14N6O3S/c1-2-10-17(15,16)4-3-9-6(14)5-11-7(8)13-12-5/h10H,2-4H2,1H3,(H,9,14)(H3,8,11,12,13). The quantitative estimate of drug-likeness (QED) is 0.469. The predicted octanol–water partition coefficient (Wildman–Crippen LogP) is -1.94. The van der Waals surface area contributed by atoms with Crippen molar-refractivity contribution in [2.24, 2.45) is 0 Å². The normalized spacial score (nSPS) is 11.4. The van der Waals surface area contributed by atoms with Crippen molar-refractivity contribution in [2.75, 3.05) is 24.6 Å². The molecule has 17 heavy (non-hydrogen) atoms. The van der Waals surface area contributed by atoms with Crippen LogP contribution in [-0.2, 0) is 10.0 Å². The number of carbonyl (C=O) groups excluding carboxylic acids is 1. The highest BCUT2D eigenvalue weighted by molar-refractivity contribution is 7.89. The smallest absolute Gasteiger partial charge is 0.288 e. The van der Waals surface area contributed by atoms with E-state index in [1.165, 1.54) is 0 Å². The van der Waals surface area contributed by atoms with Crippen molar-refractivity contribution in [3.8, 4) is 0 Å². The van der Waals surface area contributed by atoms with E-state index in [0.717, 1.165) is 0 Å². The molecule has 0 saturated carbocycles. The van der Waals surface area contributed by atoms with Gasteiger partial charge in [-0.3, -0.25) is 9.89 Å². The van der Waals surface area contributed by atoms with Gasteiger partial charge in [-0.15, -0.1) is 5.10 Å². The molecule has 0 unspecified atom stereocenters. The van der Waals surface area contributed by atoms with E-state index in [1.54, 1.807) is 6.92 Å². The van der Waals surface area contributed by atoms with Crippen LogP contribution in [0.3, 0.4) is 0 Å². The van der Waals surface area contributed by atoms with Crippen LogP contribution in [0.4, 0.5) is 5.95 Å². The number of hydrogen-bond donors (Lipinski definition) is 4. The summed E-state index contributed by atoms with van der Waals surface area (Å²) < 4.78 is 24.8. The van der Waals surface area contributed by atoms with Crippen molar-refractivity contribution in [1.29, 1.82) is 0 Å². The number of H-pyrrole nitrogens is 1. The molecule has 1 aromatic rings. The van der Waals surface area contributed by atoms with E-state index in [1.807, 2.05) is 0 Å². The zero-order valence-electron chi connectivity index (χ0n) is 9.23. The highest BCUT2D eigenvalue weighted by atomic mass is 32.2. The van der Waals surface area contributed by atoms with Crippen LogP contribution >= 0.6 is 0 Å². The second-order valence-electron chi connectivity index (χ2n) is 3.11. The largest absolute Gasteiger partial charge is 0.366 e.